The lowest BCUT2D eigenvalue weighted by Gasteiger charge is -1.64. The largest absolute Gasteiger partial charge is 0.118 e. The van der Waals surface area contributed by atoms with Crippen molar-refractivity contribution in [3.8, 4) is 0 Å². The van der Waals surface area contributed by atoms with Gasteiger partial charge in [-0.05, 0) is 6.92 Å². The molecule has 0 rings (SSSR count). The number of halogens is 3. The maximum absolute atomic E-state index is 4.96. The van der Waals surface area contributed by atoms with E-state index >= 15 is 0 Å². The third kappa shape index (κ3) is 32.9. The number of allylic oxidation sites excluding steroid dienone is 1. The molecule has 0 atom stereocenters. The predicted molar refractivity (Wildman–Crippen MR) is 41.5 cm³/mol. The molecule has 0 aromatic rings. The second kappa shape index (κ2) is 10.4. The Morgan fingerprint density at radius 2 is 1.62 bits per heavy atom. The minimum Gasteiger partial charge on any atom is -0.103 e. The molecule has 0 heterocycles. The second-order valence-electron chi connectivity index (χ2n) is 0.807. The summed E-state index contributed by atoms with van der Waals surface area (Å²) in [6.07, 6.45) is 1.75. The molecule has 0 bridgehead atoms. The summed E-state index contributed by atoms with van der Waals surface area (Å²) in [5, 5.41) is 0. The maximum atomic E-state index is 4.96. The molecule has 0 unspecified atom stereocenters. The van der Waals surface area contributed by atoms with Gasteiger partial charge in [0.15, 0.2) is 0 Å². The average molecular weight is 173 g/mol. The van der Waals surface area contributed by atoms with Gasteiger partial charge in [-0.1, -0.05) is 40.9 Å². The summed E-state index contributed by atoms with van der Waals surface area (Å²) in [5.74, 6) is 0. The first-order chi connectivity index (χ1) is 3.68. The van der Waals surface area contributed by atoms with Crippen molar-refractivity contribution >= 4 is 34.8 Å². The summed E-state index contributed by atoms with van der Waals surface area (Å²) >= 11 is 14.8. The van der Waals surface area contributed by atoms with Gasteiger partial charge in [-0.2, -0.15) is 0 Å². The van der Waals surface area contributed by atoms with E-state index in [1.807, 2.05) is 6.92 Å². The van der Waals surface area contributed by atoms with Gasteiger partial charge in [0.1, 0.15) is 4.49 Å². The van der Waals surface area contributed by atoms with Gasteiger partial charge in [0, 0.05) is 5.54 Å². The zero-order valence-electron chi connectivity index (χ0n) is 4.50. The van der Waals surface area contributed by atoms with Crippen LogP contribution < -0.4 is 0 Å². The summed E-state index contributed by atoms with van der Waals surface area (Å²) < 4.78 is 0.0895. The molecule has 0 amide bonds. The van der Waals surface area contributed by atoms with E-state index in [0.717, 1.165) is 5.54 Å². The number of hydrogen-bond acceptors (Lipinski definition) is 0. The van der Waals surface area contributed by atoms with Crippen molar-refractivity contribution in [1.82, 2.24) is 0 Å². The van der Waals surface area contributed by atoms with Gasteiger partial charge >= 0.3 is 0 Å². The molecular formula is C5H7Cl3. The van der Waals surface area contributed by atoms with E-state index in [4.69, 9.17) is 34.8 Å². The number of rotatable bonds is 0. The molecule has 0 aromatic carbocycles. The van der Waals surface area contributed by atoms with Crippen molar-refractivity contribution in [2.75, 3.05) is 0 Å². The molecule has 48 valence electrons. The minimum atomic E-state index is 0.0895. The Kier molecular flexibility index (Phi) is 14.5. The first kappa shape index (κ1) is 11.2. The Bertz CT molecular complexity index is 71.7. The van der Waals surface area contributed by atoms with Crippen LogP contribution in [0.2, 0.25) is 0 Å². The Balaban J connectivity index is 0. The fourth-order valence-electron chi connectivity index (χ4n) is 0. The van der Waals surface area contributed by atoms with Crippen molar-refractivity contribution < 1.29 is 0 Å². The van der Waals surface area contributed by atoms with E-state index in [0.29, 0.717) is 0 Å². The standard InChI is InChI=1S/C3H6.C2HCl3/c1-3-2;3-1-2(4)5/h3H,1H2,2H3;1H. The fraction of sp³-hybridized carbons (Fsp3) is 0.200. The third-order valence-electron chi connectivity index (χ3n) is 0.0825. The number of hydrogen-bond donors (Lipinski definition) is 0. The fourth-order valence-corrected chi connectivity index (χ4v) is 0. The lowest BCUT2D eigenvalue weighted by atomic mass is 10.8. The summed E-state index contributed by atoms with van der Waals surface area (Å²) in [7, 11) is 0. The molecule has 0 fully saturated rings. The van der Waals surface area contributed by atoms with E-state index in [9.17, 15) is 0 Å². The van der Waals surface area contributed by atoms with Crippen LogP contribution in [0, 0.1) is 0 Å². The van der Waals surface area contributed by atoms with Crippen LogP contribution in [-0.2, 0) is 0 Å². The zero-order valence-corrected chi connectivity index (χ0v) is 6.76. The first-order valence-corrected chi connectivity index (χ1v) is 3.06. The highest BCUT2D eigenvalue weighted by Gasteiger charge is 1.70. The van der Waals surface area contributed by atoms with E-state index < -0.39 is 0 Å². The van der Waals surface area contributed by atoms with Gasteiger partial charge in [0.05, 0.1) is 0 Å². The van der Waals surface area contributed by atoms with E-state index in [2.05, 4.69) is 6.58 Å². The van der Waals surface area contributed by atoms with Crippen LogP contribution in [0.4, 0.5) is 0 Å². The monoisotopic (exact) mass is 172 g/mol. The topological polar surface area (TPSA) is 0 Å². The molecule has 0 saturated heterocycles. The van der Waals surface area contributed by atoms with Gasteiger partial charge in [-0.25, -0.2) is 0 Å². The Morgan fingerprint density at radius 3 is 1.62 bits per heavy atom. The molecule has 0 radical (unpaired) electrons. The zero-order chi connectivity index (χ0) is 6.99. The summed E-state index contributed by atoms with van der Waals surface area (Å²) in [6, 6.07) is 0. The summed E-state index contributed by atoms with van der Waals surface area (Å²) in [4.78, 5) is 0. The van der Waals surface area contributed by atoms with Gasteiger partial charge in [0.2, 0.25) is 0 Å². The van der Waals surface area contributed by atoms with Crippen LogP contribution in [0.3, 0.4) is 0 Å². The van der Waals surface area contributed by atoms with Gasteiger partial charge in [0.25, 0.3) is 0 Å². The summed E-state index contributed by atoms with van der Waals surface area (Å²) in [5.41, 5.74) is 1.09. The predicted octanol–water partition coefficient (Wildman–Crippen LogP) is 3.69. The van der Waals surface area contributed by atoms with Crippen LogP contribution in [0.5, 0.6) is 0 Å². The van der Waals surface area contributed by atoms with Crippen LogP contribution in [-0.4, -0.2) is 0 Å². The van der Waals surface area contributed by atoms with E-state index in [1.54, 1.807) is 6.08 Å². The van der Waals surface area contributed by atoms with Gasteiger partial charge in [-0.3, -0.25) is 0 Å². The molecule has 0 aromatic heterocycles. The molecule has 0 aliphatic rings. The molecule has 0 nitrogen and oxygen atoms in total. The third-order valence-corrected chi connectivity index (χ3v) is 0.742. The van der Waals surface area contributed by atoms with Gasteiger partial charge in [-0.15, -0.1) is 6.58 Å². The summed E-state index contributed by atoms with van der Waals surface area (Å²) in [6.45, 7) is 5.25. The molecule has 3 heteroatoms. The van der Waals surface area contributed by atoms with Crippen molar-refractivity contribution in [2.45, 2.75) is 6.92 Å². The lowest BCUT2D eigenvalue weighted by Crippen LogP contribution is -1.33. The smallest absolute Gasteiger partial charge is 0.103 e. The molecule has 0 aliphatic heterocycles. The Labute approximate surface area is 64.7 Å². The molecular weight excluding hydrogens is 166 g/mol. The minimum absolute atomic E-state index is 0.0895. The van der Waals surface area contributed by atoms with Crippen molar-refractivity contribution in [1.29, 1.82) is 0 Å². The SMILES string of the molecule is C=CC.ClC=C(Cl)Cl. The van der Waals surface area contributed by atoms with Crippen LogP contribution in [0.1, 0.15) is 6.92 Å². The van der Waals surface area contributed by atoms with Crippen molar-refractivity contribution in [3.05, 3.63) is 22.7 Å². The molecule has 0 saturated carbocycles. The molecule has 0 spiro atoms. The van der Waals surface area contributed by atoms with Crippen LogP contribution in [0.15, 0.2) is 22.7 Å². The first-order valence-electron chi connectivity index (χ1n) is 1.87. The quantitative estimate of drug-likeness (QED) is 0.490. The van der Waals surface area contributed by atoms with E-state index in [-0.39, 0.29) is 4.49 Å². The highest BCUT2D eigenvalue weighted by Crippen LogP contribution is 2.05. The van der Waals surface area contributed by atoms with Crippen molar-refractivity contribution in [2.24, 2.45) is 0 Å². The molecule has 8 heavy (non-hydrogen) atoms. The molecule has 0 aliphatic carbocycles. The Morgan fingerprint density at radius 1 is 1.50 bits per heavy atom. The van der Waals surface area contributed by atoms with Gasteiger partial charge < -0.3 is 0 Å². The maximum Gasteiger partial charge on any atom is 0.118 e. The van der Waals surface area contributed by atoms with Crippen molar-refractivity contribution in [3.63, 3.8) is 0 Å². The highest BCUT2D eigenvalue weighted by molar-refractivity contribution is 6.58. The van der Waals surface area contributed by atoms with E-state index in [1.165, 1.54) is 0 Å². The lowest BCUT2D eigenvalue weighted by molar-refractivity contribution is 1.80. The molecule has 0 N–H and O–H groups in total. The van der Waals surface area contributed by atoms with Crippen LogP contribution >= 0.6 is 34.8 Å². The highest BCUT2D eigenvalue weighted by atomic mass is 35.5. The Hall–Kier alpha value is 0.350. The average Bonchev–Trinajstić information content (AvgIpc) is 1.69. The second-order valence-corrected chi connectivity index (χ2v) is 2.03. The van der Waals surface area contributed by atoms with Crippen LogP contribution in [0.25, 0.3) is 0 Å². The normalized spacial score (nSPS) is 6.00.